The fourth-order valence-electron chi connectivity index (χ4n) is 4.80. The standard InChI is InChI=1S/C16H12N.C9H16O2.Ir/c1-12-6-5-9-14-11-17-16(10-15(12)14)13-7-3-2-4-8-13;10-7-3-1-2-6-4-5-8(11)9(6)7;/h2-7,9-11H,1H3;6-11H,1-5H2;/q-1;;. The molecule has 2 saturated carbocycles. The Hall–Kier alpha value is -1.58. The Morgan fingerprint density at radius 1 is 0.966 bits per heavy atom. The van der Waals surface area contributed by atoms with Gasteiger partial charge in [0, 0.05) is 32.2 Å². The minimum absolute atomic E-state index is 0. The van der Waals surface area contributed by atoms with E-state index < -0.39 is 0 Å². The molecule has 4 atom stereocenters. The van der Waals surface area contributed by atoms with E-state index in [0.717, 1.165) is 36.9 Å². The normalized spacial score (nSPS) is 25.5. The fraction of sp³-hybridized carbons (Fsp3) is 0.400. The second-order valence-corrected chi connectivity index (χ2v) is 8.12. The van der Waals surface area contributed by atoms with Crippen LogP contribution in [0, 0.1) is 24.8 Å². The summed E-state index contributed by atoms with van der Waals surface area (Å²) in [6.45, 7) is 2.13. The zero-order valence-electron chi connectivity index (χ0n) is 16.7. The molecule has 2 fully saturated rings. The maximum atomic E-state index is 9.59. The maximum Gasteiger partial charge on any atom is 0.0595 e. The molecule has 0 bridgehead atoms. The van der Waals surface area contributed by atoms with Gasteiger partial charge >= 0.3 is 0 Å². The van der Waals surface area contributed by atoms with E-state index in [9.17, 15) is 10.2 Å². The number of pyridine rings is 1. The van der Waals surface area contributed by atoms with Gasteiger partial charge in [-0.05, 0) is 60.6 Å². The molecular weight excluding hydrogens is 538 g/mol. The third kappa shape index (κ3) is 4.95. The molecule has 155 valence electrons. The number of aliphatic hydroxyl groups excluding tert-OH is 2. The molecule has 5 rings (SSSR count). The van der Waals surface area contributed by atoms with Crippen LogP contribution in [-0.4, -0.2) is 27.4 Å². The van der Waals surface area contributed by atoms with Crippen molar-refractivity contribution in [2.45, 2.75) is 51.2 Å². The van der Waals surface area contributed by atoms with Gasteiger partial charge in [-0.1, -0.05) is 30.7 Å². The van der Waals surface area contributed by atoms with Gasteiger partial charge in [-0.2, -0.15) is 0 Å². The number of rotatable bonds is 1. The zero-order valence-corrected chi connectivity index (χ0v) is 19.1. The van der Waals surface area contributed by atoms with E-state index in [4.69, 9.17) is 0 Å². The molecule has 1 aromatic heterocycles. The number of aliphatic hydroxyl groups is 2. The summed E-state index contributed by atoms with van der Waals surface area (Å²) in [4.78, 5) is 4.49. The molecule has 0 amide bonds. The van der Waals surface area contributed by atoms with Gasteiger partial charge in [0.15, 0.2) is 0 Å². The summed E-state index contributed by atoms with van der Waals surface area (Å²) in [5.74, 6) is 0.831. The number of nitrogens with zero attached hydrogens (tertiary/aromatic N) is 1. The summed E-state index contributed by atoms with van der Waals surface area (Å²) >= 11 is 0. The van der Waals surface area contributed by atoms with Gasteiger partial charge in [-0.3, -0.25) is 0 Å². The van der Waals surface area contributed by atoms with Crippen LogP contribution in [0.15, 0.2) is 54.7 Å². The molecule has 4 heteroatoms. The Morgan fingerprint density at radius 3 is 2.55 bits per heavy atom. The van der Waals surface area contributed by atoms with E-state index >= 15 is 0 Å². The molecule has 3 aromatic rings. The topological polar surface area (TPSA) is 53.4 Å². The van der Waals surface area contributed by atoms with Crippen LogP contribution in [0.2, 0.25) is 0 Å². The Morgan fingerprint density at radius 2 is 1.79 bits per heavy atom. The van der Waals surface area contributed by atoms with Crippen LogP contribution in [0.4, 0.5) is 0 Å². The second-order valence-electron chi connectivity index (χ2n) is 8.12. The van der Waals surface area contributed by atoms with Gasteiger partial charge in [-0.25, -0.2) is 0 Å². The molecule has 0 aliphatic heterocycles. The van der Waals surface area contributed by atoms with Gasteiger partial charge in [0.1, 0.15) is 0 Å². The van der Waals surface area contributed by atoms with Crippen LogP contribution in [0.1, 0.15) is 37.7 Å². The Bertz CT molecular complexity index is 929. The SMILES string of the molecule is Cc1cccc2cnc(-c3[c-]cccc3)cc12.OC1CCCC2CCC(O)C12.[Ir]. The van der Waals surface area contributed by atoms with E-state index in [1.54, 1.807) is 0 Å². The molecule has 2 N–H and O–H groups in total. The second kappa shape index (κ2) is 9.95. The van der Waals surface area contributed by atoms with E-state index in [2.05, 4.69) is 42.2 Å². The van der Waals surface area contributed by atoms with E-state index in [1.807, 2.05) is 30.5 Å². The summed E-state index contributed by atoms with van der Waals surface area (Å²) in [6, 6.07) is 19.5. The molecule has 1 radical (unpaired) electrons. The van der Waals surface area contributed by atoms with Crippen molar-refractivity contribution in [2.24, 2.45) is 11.8 Å². The van der Waals surface area contributed by atoms with Crippen molar-refractivity contribution in [1.82, 2.24) is 4.98 Å². The third-order valence-electron chi connectivity index (χ3n) is 6.31. The largest absolute Gasteiger partial charge is 0.393 e. The zero-order chi connectivity index (χ0) is 19.5. The number of benzene rings is 2. The van der Waals surface area contributed by atoms with Gasteiger partial charge in [-0.15, -0.1) is 35.9 Å². The minimum atomic E-state index is -0.216. The van der Waals surface area contributed by atoms with Gasteiger partial charge < -0.3 is 15.2 Å². The van der Waals surface area contributed by atoms with Crippen molar-refractivity contribution < 1.29 is 30.3 Å². The molecular formula is C25H28IrNO2-. The molecule has 1 heterocycles. The van der Waals surface area contributed by atoms with E-state index in [0.29, 0.717) is 5.92 Å². The average Bonchev–Trinajstić information content (AvgIpc) is 3.11. The first-order valence-corrected chi connectivity index (χ1v) is 10.3. The van der Waals surface area contributed by atoms with Crippen molar-refractivity contribution in [3.63, 3.8) is 0 Å². The molecule has 0 spiro atoms. The number of aryl methyl sites for hydroxylation is 1. The van der Waals surface area contributed by atoms with Gasteiger partial charge in [0.25, 0.3) is 0 Å². The minimum Gasteiger partial charge on any atom is -0.393 e. The summed E-state index contributed by atoms with van der Waals surface area (Å²) in [6.07, 6.45) is 6.81. The molecule has 2 aromatic carbocycles. The first kappa shape index (κ1) is 22.1. The molecule has 3 nitrogen and oxygen atoms in total. The molecule has 2 aliphatic carbocycles. The van der Waals surface area contributed by atoms with E-state index in [1.165, 1.54) is 22.8 Å². The number of aromatic nitrogens is 1. The fourth-order valence-corrected chi connectivity index (χ4v) is 4.80. The van der Waals surface area contributed by atoms with Gasteiger partial charge in [0.05, 0.1) is 12.2 Å². The molecule has 29 heavy (non-hydrogen) atoms. The average molecular weight is 567 g/mol. The van der Waals surface area contributed by atoms with E-state index in [-0.39, 0.29) is 38.2 Å². The van der Waals surface area contributed by atoms with Crippen molar-refractivity contribution in [1.29, 1.82) is 0 Å². The van der Waals surface area contributed by atoms with Crippen LogP contribution in [0.5, 0.6) is 0 Å². The predicted molar refractivity (Wildman–Crippen MR) is 113 cm³/mol. The van der Waals surface area contributed by atoms with Crippen LogP contribution >= 0.6 is 0 Å². The molecule has 2 aliphatic rings. The van der Waals surface area contributed by atoms with Gasteiger partial charge in [0.2, 0.25) is 0 Å². The number of fused-ring (bicyclic) bond motifs is 2. The first-order valence-electron chi connectivity index (χ1n) is 10.3. The van der Waals surface area contributed by atoms with Crippen molar-refractivity contribution in [2.75, 3.05) is 0 Å². The monoisotopic (exact) mass is 567 g/mol. The molecule has 4 unspecified atom stereocenters. The smallest absolute Gasteiger partial charge is 0.0595 e. The van der Waals surface area contributed by atoms with Crippen molar-refractivity contribution in [3.8, 4) is 11.3 Å². The predicted octanol–water partition coefficient (Wildman–Crippen LogP) is 4.93. The van der Waals surface area contributed by atoms with Crippen LogP contribution in [-0.2, 0) is 20.1 Å². The summed E-state index contributed by atoms with van der Waals surface area (Å²) in [5, 5.41) is 21.6. The first-order chi connectivity index (χ1) is 13.6. The number of hydrogen-bond acceptors (Lipinski definition) is 3. The van der Waals surface area contributed by atoms with Crippen LogP contribution < -0.4 is 0 Å². The maximum absolute atomic E-state index is 9.59. The third-order valence-corrected chi connectivity index (χ3v) is 6.31. The van der Waals surface area contributed by atoms with Crippen molar-refractivity contribution >= 4 is 10.8 Å². The Kier molecular flexibility index (Phi) is 7.59. The summed E-state index contributed by atoms with van der Waals surface area (Å²) in [7, 11) is 0. The summed E-state index contributed by atoms with van der Waals surface area (Å²) in [5.41, 5.74) is 3.30. The quantitative estimate of drug-likeness (QED) is 0.411. The van der Waals surface area contributed by atoms with Crippen molar-refractivity contribution in [3.05, 3.63) is 66.4 Å². The Labute approximate surface area is 186 Å². The van der Waals surface area contributed by atoms with Crippen LogP contribution in [0.3, 0.4) is 0 Å². The Balaban J connectivity index is 0.000000174. The summed E-state index contributed by atoms with van der Waals surface area (Å²) < 4.78 is 0. The number of hydrogen-bond donors (Lipinski definition) is 2. The molecule has 0 saturated heterocycles. The van der Waals surface area contributed by atoms with Crippen LogP contribution in [0.25, 0.3) is 22.0 Å².